The van der Waals surface area contributed by atoms with E-state index < -0.39 is 86.8 Å². The van der Waals surface area contributed by atoms with E-state index in [1.165, 1.54) is 321 Å². The van der Waals surface area contributed by atoms with E-state index in [-0.39, 0.29) is 18.9 Å². The van der Waals surface area contributed by atoms with Gasteiger partial charge in [0.2, 0.25) is 5.91 Å². The van der Waals surface area contributed by atoms with Crippen LogP contribution in [-0.2, 0) is 23.7 Å². The van der Waals surface area contributed by atoms with Crippen LogP contribution in [0.1, 0.15) is 386 Å². The summed E-state index contributed by atoms with van der Waals surface area (Å²) < 4.78 is 22.9. The highest BCUT2D eigenvalue weighted by molar-refractivity contribution is 5.76. The first-order valence-corrected chi connectivity index (χ1v) is 40.6. The van der Waals surface area contributed by atoms with E-state index in [1.807, 2.05) is 6.08 Å². The van der Waals surface area contributed by atoms with Gasteiger partial charge in [-0.25, -0.2) is 0 Å². The number of carbonyl (C=O) groups excluding carboxylic acids is 1. The molecule has 9 N–H and O–H groups in total. The molecule has 0 bridgehead atoms. The summed E-state index contributed by atoms with van der Waals surface area (Å²) in [5.74, 6) is -0.230. The van der Waals surface area contributed by atoms with Crippen molar-refractivity contribution in [3.8, 4) is 0 Å². The molecule has 1 amide bonds. The number of nitrogens with one attached hydrogen (secondary N) is 1. The minimum absolute atomic E-state index is 0.230. The Morgan fingerprint density at radius 3 is 1.01 bits per heavy atom. The number of ether oxygens (including phenoxy) is 4. The van der Waals surface area contributed by atoms with E-state index in [9.17, 15) is 45.6 Å². The first-order valence-electron chi connectivity index (χ1n) is 40.6. The van der Waals surface area contributed by atoms with Gasteiger partial charge in [0.15, 0.2) is 12.6 Å². The van der Waals surface area contributed by atoms with Crippen molar-refractivity contribution in [2.24, 2.45) is 0 Å². The van der Waals surface area contributed by atoms with E-state index in [0.717, 1.165) is 38.5 Å². The zero-order chi connectivity index (χ0) is 68.0. The molecule has 2 heterocycles. The molecule has 0 aliphatic carbocycles. The number of amides is 1. The van der Waals surface area contributed by atoms with Crippen molar-refractivity contribution in [1.82, 2.24) is 5.32 Å². The fourth-order valence-electron chi connectivity index (χ4n) is 13.7. The van der Waals surface area contributed by atoms with Crippen LogP contribution >= 0.6 is 0 Å². The largest absolute Gasteiger partial charge is 0.394 e. The Morgan fingerprint density at radius 2 is 0.670 bits per heavy atom. The Bertz CT molecular complexity index is 1670. The Hall–Kier alpha value is -1.53. The molecule has 94 heavy (non-hydrogen) atoms. The van der Waals surface area contributed by atoms with Crippen LogP contribution in [0.15, 0.2) is 24.3 Å². The predicted molar refractivity (Wildman–Crippen MR) is 388 cm³/mol. The van der Waals surface area contributed by atoms with Crippen LogP contribution in [0, 0.1) is 0 Å². The number of carbonyl (C=O) groups is 1. The summed E-state index contributed by atoms with van der Waals surface area (Å²) in [6, 6.07) is -0.913. The van der Waals surface area contributed by atoms with Gasteiger partial charge in [-0.2, -0.15) is 0 Å². The summed E-state index contributed by atoms with van der Waals surface area (Å²) in [4.78, 5) is 13.4. The Labute approximate surface area is 577 Å². The van der Waals surface area contributed by atoms with E-state index in [4.69, 9.17) is 18.9 Å². The van der Waals surface area contributed by atoms with Crippen LogP contribution in [-0.4, -0.2) is 140 Å². The molecule has 14 heteroatoms. The summed E-state index contributed by atoms with van der Waals surface area (Å²) >= 11 is 0. The summed E-state index contributed by atoms with van der Waals surface area (Å²) in [5, 5.41) is 87.6. The third-order valence-corrected chi connectivity index (χ3v) is 20.1. The average Bonchev–Trinajstić information content (AvgIpc) is 0.794. The maximum absolute atomic E-state index is 13.4. The molecule has 0 aromatic heterocycles. The van der Waals surface area contributed by atoms with E-state index in [1.54, 1.807) is 6.08 Å². The average molecular weight is 1340 g/mol. The molecule has 2 aliphatic heterocycles. The van der Waals surface area contributed by atoms with Gasteiger partial charge < -0.3 is 65.1 Å². The lowest BCUT2D eigenvalue weighted by Gasteiger charge is -2.46. The highest BCUT2D eigenvalue weighted by Crippen LogP contribution is 2.30. The van der Waals surface area contributed by atoms with Gasteiger partial charge in [-0.1, -0.05) is 359 Å². The quantitative estimate of drug-likeness (QED) is 0.0204. The molecule has 0 radical (unpaired) electrons. The third kappa shape index (κ3) is 47.5. The van der Waals surface area contributed by atoms with Crippen LogP contribution in [0.3, 0.4) is 0 Å². The minimum Gasteiger partial charge on any atom is -0.394 e. The van der Waals surface area contributed by atoms with Crippen LogP contribution in [0.5, 0.6) is 0 Å². The molecular formula is C80H153NO13. The molecule has 2 fully saturated rings. The van der Waals surface area contributed by atoms with Gasteiger partial charge in [0.1, 0.15) is 48.8 Å². The van der Waals surface area contributed by atoms with Gasteiger partial charge in [0.05, 0.1) is 32.0 Å². The van der Waals surface area contributed by atoms with Crippen LogP contribution in [0.25, 0.3) is 0 Å². The molecule has 0 saturated carbocycles. The van der Waals surface area contributed by atoms with Gasteiger partial charge in [0.25, 0.3) is 0 Å². The number of aliphatic hydroxyl groups is 8. The number of aliphatic hydroxyl groups excluding tert-OH is 8. The molecule has 0 aromatic rings. The van der Waals surface area contributed by atoms with Crippen LogP contribution in [0.4, 0.5) is 0 Å². The molecule has 2 rings (SSSR count). The monoisotopic (exact) mass is 1340 g/mol. The second-order valence-corrected chi connectivity index (χ2v) is 28.9. The second-order valence-electron chi connectivity index (χ2n) is 28.9. The number of allylic oxidation sites excluding steroid dienone is 3. The van der Waals surface area contributed by atoms with Crippen molar-refractivity contribution in [3.05, 3.63) is 24.3 Å². The zero-order valence-corrected chi connectivity index (χ0v) is 61.0. The van der Waals surface area contributed by atoms with Gasteiger partial charge in [-0.15, -0.1) is 0 Å². The SMILES string of the molecule is CCCCCCCCCC/C=C\CCCCCCCCCCCCCCCCCCCCCCCCCCCCCC(=O)NC(COC1OC(CO)C(OC2OC(CO)C(O)C(O)C2O)C(O)C1O)C(O)/C=C/CCCCCCCCCCCCCCCCCCCCC. The van der Waals surface area contributed by atoms with Gasteiger partial charge in [-0.3, -0.25) is 4.79 Å². The summed E-state index contributed by atoms with van der Waals surface area (Å²) in [5.41, 5.74) is 0. The van der Waals surface area contributed by atoms with E-state index >= 15 is 0 Å². The van der Waals surface area contributed by atoms with Gasteiger partial charge in [-0.05, 0) is 44.9 Å². The topological polar surface area (TPSA) is 228 Å². The van der Waals surface area contributed by atoms with Gasteiger partial charge >= 0.3 is 0 Å². The van der Waals surface area contributed by atoms with Crippen molar-refractivity contribution in [1.29, 1.82) is 0 Å². The standard InChI is InChI=1S/C80H153NO13/c1-3-5-7-9-11-13-15-17-19-21-23-25-26-27-28-29-30-31-32-33-34-35-36-37-38-39-40-41-42-44-46-48-50-52-54-56-58-60-62-64-72(85)81-68(69(84)63-61-59-57-55-53-51-49-47-45-43-24-22-20-18-16-14-12-10-8-6-4-2)67-91-79-77(90)75(88)78(71(66-83)93-79)94-80-76(89)74(87)73(86)70(65-82)92-80/h21,23,61,63,68-71,73-80,82-84,86-90H,3-20,22,24-60,62,64-67H2,1-2H3,(H,81,85)/b23-21-,63-61+. The second kappa shape index (κ2) is 64.8. The normalized spacial score (nSPS) is 22.5. The maximum Gasteiger partial charge on any atom is 0.220 e. The first kappa shape index (κ1) is 88.6. The summed E-state index contributed by atoms with van der Waals surface area (Å²) in [6.45, 7) is 2.86. The molecule has 556 valence electrons. The lowest BCUT2D eigenvalue weighted by atomic mass is 9.97. The molecule has 12 unspecified atom stereocenters. The van der Waals surface area contributed by atoms with Crippen molar-refractivity contribution >= 4 is 5.91 Å². The van der Waals surface area contributed by atoms with Crippen molar-refractivity contribution < 1.29 is 64.6 Å². The van der Waals surface area contributed by atoms with Crippen LogP contribution < -0.4 is 5.32 Å². The molecule has 0 spiro atoms. The summed E-state index contributed by atoms with van der Waals surface area (Å²) in [6.07, 6.45) is 67.1. The lowest BCUT2D eigenvalue weighted by Crippen LogP contribution is -2.65. The smallest absolute Gasteiger partial charge is 0.220 e. The number of rotatable bonds is 69. The molecule has 0 aromatic carbocycles. The molecule has 14 nitrogen and oxygen atoms in total. The highest BCUT2D eigenvalue weighted by Gasteiger charge is 2.51. The maximum atomic E-state index is 13.4. The fraction of sp³-hybridized carbons (Fsp3) is 0.938. The lowest BCUT2D eigenvalue weighted by molar-refractivity contribution is -0.359. The Kier molecular flexibility index (Phi) is 61.1. The third-order valence-electron chi connectivity index (χ3n) is 20.1. The van der Waals surface area contributed by atoms with Gasteiger partial charge in [0, 0.05) is 6.42 Å². The first-order chi connectivity index (χ1) is 46.1. The number of hydrogen-bond donors (Lipinski definition) is 9. The minimum atomic E-state index is -1.79. The molecule has 12 atom stereocenters. The fourth-order valence-corrected chi connectivity index (χ4v) is 13.7. The number of hydrogen-bond acceptors (Lipinski definition) is 13. The number of unbranched alkanes of at least 4 members (excludes halogenated alkanes) is 54. The zero-order valence-electron chi connectivity index (χ0n) is 61.0. The summed E-state index contributed by atoms with van der Waals surface area (Å²) in [7, 11) is 0. The van der Waals surface area contributed by atoms with Crippen molar-refractivity contribution in [3.63, 3.8) is 0 Å². The van der Waals surface area contributed by atoms with Crippen molar-refractivity contribution in [2.75, 3.05) is 19.8 Å². The van der Waals surface area contributed by atoms with Crippen molar-refractivity contribution in [2.45, 2.75) is 460 Å². The van der Waals surface area contributed by atoms with E-state index in [0.29, 0.717) is 6.42 Å². The molecular weight excluding hydrogens is 1180 g/mol. The molecule has 2 saturated heterocycles. The Morgan fingerprint density at radius 1 is 0.372 bits per heavy atom. The predicted octanol–water partition coefficient (Wildman–Crippen LogP) is 18.3. The Balaban J connectivity index is 1.56. The molecule has 2 aliphatic rings. The van der Waals surface area contributed by atoms with Crippen LogP contribution in [0.2, 0.25) is 0 Å². The van der Waals surface area contributed by atoms with E-state index in [2.05, 4.69) is 31.3 Å². The highest BCUT2D eigenvalue weighted by atomic mass is 16.7.